The lowest BCUT2D eigenvalue weighted by atomic mass is 9.95. The molecule has 686 valence electrons. The minimum absolute atomic E-state index is 0.860. The minimum Gasteiger partial charge on any atom is -0.456 e. The van der Waals surface area contributed by atoms with Gasteiger partial charge in [0, 0.05) is 144 Å². The predicted octanol–water partition coefficient (Wildman–Crippen LogP) is 36.2. The van der Waals surface area contributed by atoms with Crippen molar-refractivity contribution in [2.24, 2.45) is 0 Å². The monoisotopic (exact) mass is 1880 g/mol. The third kappa shape index (κ3) is 13.7. The van der Waals surface area contributed by atoms with E-state index in [-0.39, 0.29) is 0 Å². The third-order valence-electron chi connectivity index (χ3n) is 29.6. The molecule has 0 fully saturated rings. The van der Waals surface area contributed by atoms with Crippen LogP contribution in [-0.2, 0) is 0 Å². The number of hydrogen-bond donors (Lipinski definition) is 0. The van der Waals surface area contributed by atoms with Crippen molar-refractivity contribution < 1.29 is 22.1 Å². The standard InChI is InChI=1S/C47H28N2O2.C46H28N4O.C41H24N2O2/c1-3-15-42-36(12-1)38-14-7-23-48-47(38)49(42)35-19-22-46-41(28-35)40-27-34(18-21-45(40)51-46)32-11-6-9-30(25-32)29-8-5-10-31(24-29)33-17-20-44-39(26-33)37-13-2-4-16-43(37)50-44;1-3-13-41-35(11-1)36-12-2-4-14-42(36)49(41)33-10-6-9-31(24-33)29-7-5-8-30(23-29)32-15-17-45-39(25-32)40-26-34(16-18-46(40)51-45)50-43-27-47-21-19-37(43)38-20-22-48-28-44(38)50;1-2-6-25(7-3-1)26-10-14-38-32(20-26)33-21-27(11-15-39(33)44-38)28-12-16-40-34(22-28)35-23-29(13-17-41(35)45-40)43-36-9-5-4-8-30(36)31-18-19-42-24-37(31)43/h2*1-28H;1-24H. The molecule has 0 atom stereocenters. The molecule has 147 heavy (non-hydrogen) atoms. The Labute approximate surface area is 838 Å². The fourth-order valence-electron chi connectivity index (χ4n) is 22.7. The third-order valence-corrected chi connectivity index (χ3v) is 29.6. The molecule has 0 aliphatic rings. The smallest absolute Gasteiger partial charge is 0.145 e. The summed E-state index contributed by atoms with van der Waals surface area (Å²) < 4.78 is 40.5. The van der Waals surface area contributed by atoms with Gasteiger partial charge in [-0.3, -0.25) is 19.5 Å². The van der Waals surface area contributed by atoms with Crippen LogP contribution in [0.4, 0.5) is 0 Å². The second-order valence-corrected chi connectivity index (χ2v) is 37.9. The van der Waals surface area contributed by atoms with Gasteiger partial charge in [0.1, 0.15) is 61.5 Å². The highest BCUT2D eigenvalue weighted by atomic mass is 16.3. The largest absolute Gasteiger partial charge is 0.456 e. The molecule has 0 unspecified atom stereocenters. The van der Waals surface area contributed by atoms with Crippen LogP contribution in [-0.4, -0.2) is 38.2 Å². The van der Waals surface area contributed by atoms with Crippen LogP contribution in [0, 0.1) is 0 Å². The van der Waals surface area contributed by atoms with Crippen molar-refractivity contribution in [3.8, 4) is 101 Å². The summed E-state index contributed by atoms with van der Waals surface area (Å²) in [5, 5.41) is 20.6. The zero-order valence-electron chi connectivity index (χ0n) is 78.8. The second kappa shape index (κ2) is 33.3. The maximum atomic E-state index is 6.36. The van der Waals surface area contributed by atoms with E-state index < -0.39 is 0 Å². The fourth-order valence-corrected chi connectivity index (χ4v) is 22.7. The zero-order valence-corrected chi connectivity index (χ0v) is 78.8. The van der Waals surface area contributed by atoms with Gasteiger partial charge in [0.2, 0.25) is 0 Å². The topological polar surface area (TPSA) is 137 Å². The lowest BCUT2D eigenvalue weighted by molar-refractivity contribution is 0.668. The van der Waals surface area contributed by atoms with Crippen LogP contribution in [0.15, 0.2) is 508 Å². The van der Waals surface area contributed by atoms with Crippen molar-refractivity contribution in [1.82, 2.24) is 38.2 Å². The number of pyridine rings is 4. The van der Waals surface area contributed by atoms with E-state index in [1.165, 1.54) is 82.5 Å². The average Bonchev–Trinajstić information content (AvgIpc) is 1.60. The number of furan rings is 5. The van der Waals surface area contributed by atoms with Gasteiger partial charge in [0.25, 0.3) is 0 Å². The van der Waals surface area contributed by atoms with Crippen molar-refractivity contribution in [1.29, 1.82) is 0 Å². The Hall–Kier alpha value is -20.0. The van der Waals surface area contributed by atoms with Gasteiger partial charge in [0.15, 0.2) is 0 Å². The highest BCUT2D eigenvalue weighted by Crippen LogP contribution is 2.46. The molecule has 13 heterocycles. The maximum Gasteiger partial charge on any atom is 0.145 e. The van der Waals surface area contributed by atoms with E-state index in [9.17, 15) is 0 Å². The van der Waals surface area contributed by atoms with Crippen LogP contribution < -0.4 is 0 Å². The number of aromatic nitrogens is 8. The van der Waals surface area contributed by atoms with E-state index in [2.05, 4.69) is 452 Å². The molecule has 0 bridgehead atoms. The summed E-state index contributed by atoms with van der Waals surface area (Å²) in [6.07, 6.45) is 13.2. The van der Waals surface area contributed by atoms with Crippen molar-refractivity contribution in [2.75, 3.05) is 0 Å². The molecule has 13 aromatic heterocycles. The number of nitrogens with zero attached hydrogens (tertiary/aromatic N) is 8. The summed E-state index contributed by atoms with van der Waals surface area (Å²) in [6, 6.07) is 157. The Morgan fingerprint density at radius 2 is 0.381 bits per heavy atom. The Balaban J connectivity index is 0.000000102. The number of para-hydroxylation sites is 5. The minimum atomic E-state index is 0.860. The number of rotatable bonds is 11. The molecule has 0 radical (unpaired) electrons. The van der Waals surface area contributed by atoms with Crippen molar-refractivity contribution >= 4 is 197 Å². The predicted molar refractivity (Wildman–Crippen MR) is 602 cm³/mol. The van der Waals surface area contributed by atoms with E-state index in [4.69, 9.17) is 27.1 Å². The Kier molecular flexibility index (Phi) is 18.8. The van der Waals surface area contributed by atoms with E-state index in [1.807, 2.05) is 67.6 Å². The van der Waals surface area contributed by atoms with Gasteiger partial charge in [-0.15, -0.1) is 0 Å². The van der Waals surface area contributed by atoms with Gasteiger partial charge >= 0.3 is 0 Å². The first-order valence-electron chi connectivity index (χ1n) is 49.4. The molecule has 0 aliphatic carbocycles. The summed E-state index contributed by atoms with van der Waals surface area (Å²) in [5.74, 6) is 0. The van der Waals surface area contributed by atoms with Crippen LogP contribution in [0.5, 0.6) is 0 Å². The first kappa shape index (κ1) is 82.8. The molecule has 0 amide bonds. The van der Waals surface area contributed by atoms with Gasteiger partial charge < -0.3 is 35.8 Å². The summed E-state index contributed by atoms with van der Waals surface area (Å²) >= 11 is 0. The maximum absolute atomic E-state index is 6.36. The Morgan fingerprint density at radius 1 is 0.136 bits per heavy atom. The molecule has 32 aromatic rings. The lowest BCUT2D eigenvalue weighted by Crippen LogP contribution is -1.94. The molecule has 19 aromatic carbocycles. The normalized spacial score (nSPS) is 11.9. The molecule has 0 saturated heterocycles. The number of benzene rings is 19. The molecular formula is C134H80N8O5. The van der Waals surface area contributed by atoms with Crippen LogP contribution in [0.2, 0.25) is 0 Å². The molecule has 13 nitrogen and oxygen atoms in total. The summed E-state index contributed by atoms with van der Waals surface area (Å²) in [6.45, 7) is 0. The molecule has 0 aliphatic heterocycles. The van der Waals surface area contributed by atoms with Crippen LogP contribution >= 0.6 is 0 Å². The van der Waals surface area contributed by atoms with Gasteiger partial charge in [-0.1, -0.05) is 224 Å². The quantitative estimate of drug-likeness (QED) is 0.124. The summed E-state index contributed by atoms with van der Waals surface area (Å²) in [4.78, 5) is 18.1. The molecule has 0 spiro atoms. The van der Waals surface area contributed by atoms with Crippen molar-refractivity contribution in [2.45, 2.75) is 0 Å². The number of fused-ring (bicyclic) bond motifs is 27. The lowest BCUT2D eigenvalue weighted by Gasteiger charge is -2.11. The fraction of sp³-hybridized carbons (Fsp3) is 0. The van der Waals surface area contributed by atoms with Crippen LogP contribution in [0.1, 0.15) is 0 Å². The Bertz CT molecular complexity index is 10800. The highest BCUT2D eigenvalue weighted by molar-refractivity contribution is 6.17. The molecule has 0 N–H and O–H groups in total. The van der Waals surface area contributed by atoms with E-state index in [0.29, 0.717) is 0 Å². The molecule has 32 rings (SSSR count). The van der Waals surface area contributed by atoms with Gasteiger partial charge in [-0.05, 0) is 296 Å². The van der Waals surface area contributed by atoms with Gasteiger partial charge in [-0.2, -0.15) is 0 Å². The molecule has 0 saturated carbocycles. The first-order valence-corrected chi connectivity index (χ1v) is 49.4. The first-order chi connectivity index (χ1) is 72.8. The van der Waals surface area contributed by atoms with Crippen molar-refractivity contribution in [3.05, 3.63) is 486 Å². The van der Waals surface area contributed by atoms with Crippen LogP contribution in [0.3, 0.4) is 0 Å². The van der Waals surface area contributed by atoms with E-state index in [0.717, 1.165) is 215 Å². The van der Waals surface area contributed by atoms with E-state index in [1.54, 1.807) is 0 Å². The molecule has 13 heteroatoms. The summed E-state index contributed by atoms with van der Waals surface area (Å²) in [5.41, 5.74) is 38.2. The van der Waals surface area contributed by atoms with Gasteiger partial charge in [0.05, 0.1) is 57.2 Å². The highest BCUT2D eigenvalue weighted by Gasteiger charge is 2.24. The SMILES string of the molecule is c1cc(-c2cccc(-c3ccc4oc5ccc(-n6c7ccccc7c7cccnc76)cc5c4c3)c2)cc(-c2ccc3oc4ccccc4c3c2)c1.c1cc(-c2cccc(-n3c4ccccc4c4ccccc43)c2)cc(-c2ccc3oc4ccc(-n5c6cnccc6c6ccncc65)cc4c3c2)c1.c1ccc(-c2ccc3oc4ccc(-c5ccc6oc7ccc(-n8c9ccccc9c9ccncc98)cc7c6c5)cc4c3c2)cc1. The Morgan fingerprint density at radius 3 is 0.769 bits per heavy atom. The van der Waals surface area contributed by atoms with Crippen molar-refractivity contribution in [3.63, 3.8) is 0 Å². The average molecular weight is 1880 g/mol. The summed E-state index contributed by atoms with van der Waals surface area (Å²) in [7, 11) is 0. The van der Waals surface area contributed by atoms with E-state index >= 15 is 0 Å². The number of hydrogen-bond acceptors (Lipinski definition) is 9. The van der Waals surface area contributed by atoms with Gasteiger partial charge in [-0.25, -0.2) is 4.98 Å². The second-order valence-electron chi connectivity index (χ2n) is 37.9. The molecular weight excluding hydrogens is 1800 g/mol. The zero-order chi connectivity index (χ0) is 96.4. The van der Waals surface area contributed by atoms with Crippen LogP contribution in [0.25, 0.3) is 298 Å².